The molecule has 1 heterocycles. The Morgan fingerprint density at radius 1 is 0.760 bits per heavy atom. The lowest BCUT2D eigenvalue weighted by Gasteiger charge is -2.23. The van der Waals surface area contributed by atoms with Gasteiger partial charge >= 0.3 is 0 Å². The van der Waals surface area contributed by atoms with Crippen molar-refractivity contribution < 1.29 is 5.11 Å². The second-order valence-corrected chi connectivity index (χ2v) is 5.92. The molecule has 0 spiro atoms. The third-order valence-electron chi connectivity index (χ3n) is 4.33. The average molecular weight is 326 g/mol. The standard InChI is InChI=1S/C22H18N2O/c25-19-14-13-16-8-4-5-11-18(16)21(19)22(17-9-2-1-3-10-17)24-20-12-6-7-15-23-20/h1-15,22,25H,(H,23,24)/t22-/m1/s1. The van der Waals surface area contributed by atoms with E-state index in [9.17, 15) is 5.11 Å². The highest BCUT2D eigenvalue weighted by atomic mass is 16.3. The molecule has 0 radical (unpaired) electrons. The van der Waals surface area contributed by atoms with Crippen LogP contribution in [0.15, 0.2) is 91.1 Å². The van der Waals surface area contributed by atoms with Gasteiger partial charge < -0.3 is 10.4 Å². The van der Waals surface area contributed by atoms with Gasteiger partial charge in [0.25, 0.3) is 0 Å². The summed E-state index contributed by atoms with van der Waals surface area (Å²) in [6.45, 7) is 0. The van der Waals surface area contributed by atoms with E-state index in [-0.39, 0.29) is 11.8 Å². The van der Waals surface area contributed by atoms with Crippen LogP contribution in [0.25, 0.3) is 10.8 Å². The van der Waals surface area contributed by atoms with Crippen LogP contribution in [0.4, 0.5) is 5.82 Å². The number of aromatic hydroxyl groups is 1. The molecule has 0 aliphatic heterocycles. The molecule has 0 unspecified atom stereocenters. The predicted octanol–water partition coefficient (Wildman–Crippen LogP) is 5.14. The Morgan fingerprint density at radius 2 is 1.52 bits per heavy atom. The number of rotatable bonds is 4. The lowest BCUT2D eigenvalue weighted by Crippen LogP contribution is -2.14. The molecule has 1 aromatic heterocycles. The van der Waals surface area contributed by atoms with Crippen LogP contribution in [0, 0.1) is 0 Å². The fourth-order valence-electron chi connectivity index (χ4n) is 3.15. The Kier molecular flexibility index (Phi) is 4.05. The number of phenolic OH excluding ortho intramolecular Hbond substituents is 1. The van der Waals surface area contributed by atoms with Gasteiger partial charge in [-0.15, -0.1) is 0 Å². The van der Waals surface area contributed by atoms with Crippen molar-refractivity contribution in [2.24, 2.45) is 0 Å². The van der Waals surface area contributed by atoms with Crippen LogP contribution in [-0.4, -0.2) is 10.1 Å². The van der Waals surface area contributed by atoms with E-state index in [0.29, 0.717) is 0 Å². The van der Waals surface area contributed by atoms with Crippen molar-refractivity contribution >= 4 is 16.6 Å². The van der Waals surface area contributed by atoms with E-state index in [2.05, 4.69) is 28.5 Å². The predicted molar refractivity (Wildman–Crippen MR) is 102 cm³/mol. The summed E-state index contributed by atoms with van der Waals surface area (Å²) in [4.78, 5) is 4.39. The summed E-state index contributed by atoms with van der Waals surface area (Å²) in [5.41, 5.74) is 1.93. The largest absolute Gasteiger partial charge is 0.508 e. The van der Waals surface area contributed by atoms with Crippen LogP contribution in [0.1, 0.15) is 17.2 Å². The van der Waals surface area contributed by atoms with Gasteiger partial charge in [-0.1, -0.05) is 66.7 Å². The molecule has 4 aromatic rings. The normalized spacial score (nSPS) is 12.0. The van der Waals surface area contributed by atoms with Gasteiger partial charge in [-0.05, 0) is 34.5 Å². The number of anilines is 1. The first-order chi connectivity index (χ1) is 12.3. The highest BCUT2D eigenvalue weighted by Crippen LogP contribution is 2.37. The molecule has 0 amide bonds. The fraction of sp³-hybridized carbons (Fsp3) is 0.0455. The van der Waals surface area contributed by atoms with Gasteiger partial charge in [0.1, 0.15) is 11.6 Å². The van der Waals surface area contributed by atoms with Gasteiger partial charge in [-0.25, -0.2) is 4.98 Å². The molecule has 0 fully saturated rings. The number of nitrogens with zero attached hydrogens (tertiary/aromatic N) is 1. The summed E-state index contributed by atoms with van der Waals surface area (Å²) in [7, 11) is 0. The van der Waals surface area contributed by atoms with Crippen LogP contribution in [-0.2, 0) is 0 Å². The Hall–Kier alpha value is -3.33. The zero-order valence-electron chi connectivity index (χ0n) is 13.6. The molecule has 1 atom stereocenters. The lowest BCUT2D eigenvalue weighted by molar-refractivity contribution is 0.468. The molecule has 3 aromatic carbocycles. The Bertz CT molecular complexity index is 984. The maximum absolute atomic E-state index is 10.7. The second-order valence-electron chi connectivity index (χ2n) is 5.92. The number of hydrogen-bond acceptors (Lipinski definition) is 3. The second kappa shape index (κ2) is 6.65. The highest BCUT2D eigenvalue weighted by Gasteiger charge is 2.20. The molecule has 0 saturated heterocycles. The van der Waals surface area contributed by atoms with E-state index in [1.54, 1.807) is 12.3 Å². The maximum Gasteiger partial charge on any atom is 0.126 e. The molecule has 2 N–H and O–H groups in total. The minimum absolute atomic E-state index is 0.206. The van der Waals surface area contributed by atoms with Crippen LogP contribution in [0.3, 0.4) is 0 Å². The van der Waals surface area contributed by atoms with Crippen molar-refractivity contribution in [3.8, 4) is 5.75 Å². The molecule has 0 saturated carbocycles. The zero-order chi connectivity index (χ0) is 17.1. The summed E-state index contributed by atoms with van der Waals surface area (Å²) < 4.78 is 0. The van der Waals surface area contributed by atoms with E-state index in [0.717, 1.165) is 27.7 Å². The molecular formula is C22H18N2O. The molecule has 0 aliphatic rings. The van der Waals surface area contributed by atoms with Crippen LogP contribution < -0.4 is 5.32 Å². The number of hydrogen-bond donors (Lipinski definition) is 2. The molecule has 4 rings (SSSR count). The number of aromatic nitrogens is 1. The van der Waals surface area contributed by atoms with E-state index in [1.807, 2.05) is 60.7 Å². The van der Waals surface area contributed by atoms with E-state index >= 15 is 0 Å². The van der Waals surface area contributed by atoms with Gasteiger partial charge in [0.05, 0.1) is 6.04 Å². The van der Waals surface area contributed by atoms with Gasteiger partial charge in [-0.3, -0.25) is 0 Å². The Labute approximate surface area is 146 Å². The van der Waals surface area contributed by atoms with Gasteiger partial charge in [0, 0.05) is 11.8 Å². The van der Waals surface area contributed by atoms with Crippen LogP contribution >= 0.6 is 0 Å². The third-order valence-corrected chi connectivity index (χ3v) is 4.33. The van der Waals surface area contributed by atoms with Crippen molar-refractivity contribution in [2.45, 2.75) is 6.04 Å². The first kappa shape index (κ1) is 15.2. The molecule has 25 heavy (non-hydrogen) atoms. The molecule has 3 heteroatoms. The smallest absolute Gasteiger partial charge is 0.126 e. The van der Waals surface area contributed by atoms with Crippen LogP contribution in [0.5, 0.6) is 5.75 Å². The molecule has 0 aliphatic carbocycles. The number of phenols is 1. The molecule has 3 nitrogen and oxygen atoms in total. The monoisotopic (exact) mass is 326 g/mol. The molecule has 0 bridgehead atoms. The summed E-state index contributed by atoms with van der Waals surface area (Å²) in [6.07, 6.45) is 1.76. The SMILES string of the molecule is Oc1ccc2ccccc2c1[C@H](Nc1ccccn1)c1ccccc1. The average Bonchev–Trinajstić information content (AvgIpc) is 2.68. The van der Waals surface area contributed by atoms with Crippen molar-refractivity contribution in [2.75, 3.05) is 5.32 Å². The molecular weight excluding hydrogens is 308 g/mol. The third kappa shape index (κ3) is 3.04. The number of nitrogens with one attached hydrogen (secondary N) is 1. The quantitative estimate of drug-likeness (QED) is 0.545. The zero-order valence-corrected chi connectivity index (χ0v) is 13.6. The Morgan fingerprint density at radius 3 is 2.32 bits per heavy atom. The number of fused-ring (bicyclic) bond motifs is 1. The summed E-state index contributed by atoms with van der Waals surface area (Å²) in [5.74, 6) is 1.04. The topological polar surface area (TPSA) is 45.1 Å². The van der Waals surface area contributed by atoms with Gasteiger partial charge in [-0.2, -0.15) is 0 Å². The lowest BCUT2D eigenvalue weighted by atomic mass is 9.92. The van der Waals surface area contributed by atoms with E-state index < -0.39 is 0 Å². The first-order valence-electron chi connectivity index (χ1n) is 8.26. The fourth-order valence-corrected chi connectivity index (χ4v) is 3.15. The minimum Gasteiger partial charge on any atom is -0.508 e. The first-order valence-corrected chi connectivity index (χ1v) is 8.26. The van der Waals surface area contributed by atoms with Gasteiger partial charge in [0.2, 0.25) is 0 Å². The maximum atomic E-state index is 10.7. The summed E-state index contributed by atoms with van der Waals surface area (Å²) in [5, 5.41) is 16.3. The summed E-state index contributed by atoms with van der Waals surface area (Å²) >= 11 is 0. The molecule has 122 valence electrons. The van der Waals surface area contributed by atoms with Crippen molar-refractivity contribution in [1.82, 2.24) is 4.98 Å². The van der Waals surface area contributed by atoms with Crippen molar-refractivity contribution in [1.29, 1.82) is 0 Å². The number of pyridine rings is 1. The minimum atomic E-state index is -0.206. The number of benzene rings is 3. The highest BCUT2D eigenvalue weighted by molar-refractivity contribution is 5.89. The van der Waals surface area contributed by atoms with Gasteiger partial charge in [0.15, 0.2) is 0 Å². The van der Waals surface area contributed by atoms with Crippen molar-refractivity contribution in [3.63, 3.8) is 0 Å². The van der Waals surface area contributed by atoms with E-state index in [4.69, 9.17) is 0 Å². The van der Waals surface area contributed by atoms with Crippen molar-refractivity contribution in [3.05, 3.63) is 102 Å². The van der Waals surface area contributed by atoms with E-state index in [1.165, 1.54) is 0 Å². The Balaban J connectivity index is 1.91. The van der Waals surface area contributed by atoms with Crippen LogP contribution in [0.2, 0.25) is 0 Å². The summed E-state index contributed by atoms with van der Waals surface area (Å²) in [6, 6.07) is 27.5.